The van der Waals surface area contributed by atoms with E-state index in [9.17, 15) is 14.4 Å². The van der Waals surface area contributed by atoms with Gasteiger partial charge in [0.2, 0.25) is 17.7 Å². The minimum atomic E-state index is -0.328. The second-order valence-electron chi connectivity index (χ2n) is 11.0. The summed E-state index contributed by atoms with van der Waals surface area (Å²) in [7, 11) is 0. The number of rotatable bonds is 6. The first-order chi connectivity index (χ1) is 17.3. The molecule has 2 fully saturated rings. The Hall–Kier alpha value is -3.19. The first kappa shape index (κ1) is 24.5. The monoisotopic (exact) mass is 488 g/mol. The molecule has 3 aliphatic rings. The van der Waals surface area contributed by atoms with Crippen molar-refractivity contribution in [3.8, 4) is 0 Å². The second kappa shape index (κ2) is 10.1. The van der Waals surface area contributed by atoms with E-state index in [1.54, 1.807) is 4.90 Å². The van der Waals surface area contributed by atoms with Crippen molar-refractivity contribution in [3.63, 3.8) is 0 Å². The summed E-state index contributed by atoms with van der Waals surface area (Å²) in [5, 5.41) is 2.84. The van der Waals surface area contributed by atoms with Gasteiger partial charge in [-0.3, -0.25) is 24.2 Å². The van der Waals surface area contributed by atoms with Crippen LogP contribution in [0.25, 0.3) is 0 Å². The molecule has 190 valence electrons. The molecule has 36 heavy (non-hydrogen) atoms. The molecule has 1 atom stereocenters. The number of hydrogen-bond acceptors (Lipinski definition) is 4. The summed E-state index contributed by atoms with van der Waals surface area (Å²) in [6.45, 7) is 6.86. The Morgan fingerprint density at radius 3 is 2.44 bits per heavy atom. The average molecular weight is 489 g/mol. The van der Waals surface area contributed by atoms with Crippen LogP contribution in [0.15, 0.2) is 54.6 Å². The van der Waals surface area contributed by atoms with Crippen molar-refractivity contribution in [2.45, 2.75) is 45.6 Å². The number of piperidine rings is 1. The van der Waals surface area contributed by atoms with Gasteiger partial charge in [0, 0.05) is 12.6 Å². The van der Waals surface area contributed by atoms with Crippen LogP contribution < -0.4 is 10.2 Å². The van der Waals surface area contributed by atoms with Gasteiger partial charge in [-0.2, -0.15) is 0 Å². The largest absolute Gasteiger partial charge is 0.339 e. The number of amides is 3. The van der Waals surface area contributed by atoms with E-state index >= 15 is 0 Å². The number of para-hydroxylation sites is 2. The third-order valence-electron chi connectivity index (χ3n) is 7.90. The Morgan fingerprint density at radius 2 is 1.72 bits per heavy atom. The van der Waals surface area contributed by atoms with Crippen LogP contribution in [0.4, 0.5) is 11.4 Å². The minimum Gasteiger partial charge on any atom is -0.339 e. The van der Waals surface area contributed by atoms with Crippen molar-refractivity contribution >= 4 is 29.1 Å². The number of anilines is 2. The smallest absolute Gasteiger partial charge is 0.244 e. The number of nitrogens with zero attached hydrogens (tertiary/aromatic N) is 3. The highest BCUT2D eigenvalue weighted by molar-refractivity contribution is 6.10. The molecule has 0 bridgehead atoms. The lowest BCUT2D eigenvalue weighted by atomic mass is 9.75. The second-order valence-corrected chi connectivity index (χ2v) is 11.0. The predicted molar refractivity (Wildman–Crippen MR) is 141 cm³/mol. The minimum absolute atomic E-state index is 0.0391. The van der Waals surface area contributed by atoms with Crippen LogP contribution in [0, 0.1) is 11.3 Å². The fourth-order valence-electron chi connectivity index (χ4n) is 6.10. The first-order valence-electron chi connectivity index (χ1n) is 13.1. The Labute approximate surface area is 213 Å². The maximum Gasteiger partial charge on any atom is 0.244 e. The van der Waals surface area contributed by atoms with Gasteiger partial charge in [-0.1, -0.05) is 56.3 Å². The van der Waals surface area contributed by atoms with Crippen LogP contribution in [0.5, 0.6) is 0 Å². The van der Waals surface area contributed by atoms with Crippen molar-refractivity contribution in [3.05, 3.63) is 60.2 Å². The summed E-state index contributed by atoms with van der Waals surface area (Å²) in [4.78, 5) is 45.0. The lowest BCUT2D eigenvalue weighted by Crippen LogP contribution is -2.50. The van der Waals surface area contributed by atoms with Crippen LogP contribution in [0.1, 0.15) is 38.7 Å². The van der Waals surface area contributed by atoms with Crippen molar-refractivity contribution in [1.29, 1.82) is 0 Å². The van der Waals surface area contributed by atoms with Crippen molar-refractivity contribution in [2.24, 2.45) is 11.3 Å². The van der Waals surface area contributed by atoms with E-state index in [0.717, 1.165) is 37.9 Å². The summed E-state index contributed by atoms with van der Waals surface area (Å²) in [5.74, 6) is 0.467. The molecule has 1 spiro atoms. The highest BCUT2D eigenvalue weighted by Crippen LogP contribution is 2.45. The molecular weight excluding hydrogens is 452 g/mol. The Balaban J connectivity index is 1.25. The quantitative estimate of drug-likeness (QED) is 0.675. The van der Waals surface area contributed by atoms with Crippen LogP contribution >= 0.6 is 0 Å². The zero-order chi connectivity index (χ0) is 25.3. The summed E-state index contributed by atoms with van der Waals surface area (Å²) in [5.41, 5.74) is 2.36. The van der Waals surface area contributed by atoms with Crippen LogP contribution in [0.3, 0.4) is 0 Å². The lowest BCUT2D eigenvalue weighted by Gasteiger charge is -2.38. The standard InChI is InChI=1S/C29H36N4O3/c1-21(2)18-32-23(16-22-8-4-3-5-9-22)17-29(28(32)36)12-14-31(15-13-29)20-27(35)33-19-26(34)30-24-10-6-7-11-25(24)33/h3-11,21,23H,12-20H2,1-2H3,(H,30,34)/t23-/m0/s1. The Morgan fingerprint density at radius 1 is 1.03 bits per heavy atom. The van der Waals surface area contributed by atoms with Gasteiger partial charge in [0.15, 0.2) is 0 Å². The molecule has 1 N–H and O–H groups in total. The van der Waals surface area contributed by atoms with Crippen LogP contribution in [-0.2, 0) is 20.8 Å². The Bertz CT molecular complexity index is 1120. The number of likely N-dealkylation sites (tertiary alicyclic amines) is 2. The maximum atomic E-state index is 13.8. The van der Waals surface area contributed by atoms with Crippen molar-refractivity contribution < 1.29 is 14.4 Å². The number of benzene rings is 2. The molecule has 7 heteroatoms. The van der Waals surface area contributed by atoms with Gasteiger partial charge < -0.3 is 10.2 Å². The fraction of sp³-hybridized carbons (Fsp3) is 0.483. The average Bonchev–Trinajstić information content (AvgIpc) is 3.10. The summed E-state index contributed by atoms with van der Waals surface area (Å²) in [6, 6.07) is 18.1. The number of fused-ring (bicyclic) bond motifs is 1. The van der Waals surface area contributed by atoms with E-state index in [4.69, 9.17) is 0 Å². The third-order valence-corrected chi connectivity index (χ3v) is 7.90. The van der Waals surface area contributed by atoms with Gasteiger partial charge in [-0.25, -0.2) is 0 Å². The Kier molecular flexibility index (Phi) is 6.84. The van der Waals surface area contributed by atoms with Crippen LogP contribution in [0.2, 0.25) is 0 Å². The number of hydrogen-bond donors (Lipinski definition) is 1. The zero-order valence-electron chi connectivity index (χ0n) is 21.3. The van der Waals surface area contributed by atoms with Gasteiger partial charge in [0.05, 0.1) is 23.3 Å². The van der Waals surface area contributed by atoms with E-state index in [2.05, 4.69) is 53.2 Å². The molecule has 0 saturated carbocycles. The number of carbonyl (C=O) groups is 3. The van der Waals surface area contributed by atoms with Crippen LogP contribution in [-0.4, -0.2) is 66.3 Å². The summed E-state index contributed by atoms with van der Waals surface area (Å²) < 4.78 is 0. The van der Waals surface area contributed by atoms with E-state index < -0.39 is 0 Å². The normalized spacial score (nSPS) is 21.7. The van der Waals surface area contributed by atoms with Gasteiger partial charge in [0.1, 0.15) is 6.54 Å². The zero-order valence-corrected chi connectivity index (χ0v) is 21.3. The van der Waals surface area contributed by atoms with Gasteiger partial charge in [-0.15, -0.1) is 0 Å². The van der Waals surface area contributed by atoms with E-state index in [1.165, 1.54) is 5.56 Å². The SMILES string of the molecule is CC(C)CN1C(=O)C2(CCN(CC(=O)N3CC(=O)Nc4ccccc43)CC2)C[C@@H]1Cc1ccccc1. The molecule has 3 aliphatic heterocycles. The molecule has 3 amide bonds. The maximum absolute atomic E-state index is 13.8. The topological polar surface area (TPSA) is 73.0 Å². The van der Waals surface area contributed by atoms with Crippen molar-refractivity contribution in [2.75, 3.05) is 42.9 Å². The molecule has 3 heterocycles. The third kappa shape index (κ3) is 4.89. The lowest BCUT2D eigenvalue weighted by molar-refractivity contribution is -0.139. The first-order valence-corrected chi connectivity index (χ1v) is 13.1. The number of carbonyl (C=O) groups excluding carboxylic acids is 3. The van der Waals surface area contributed by atoms with Gasteiger partial charge in [0.25, 0.3) is 0 Å². The van der Waals surface area contributed by atoms with E-state index in [-0.39, 0.29) is 36.4 Å². The fourth-order valence-corrected chi connectivity index (χ4v) is 6.10. The summed E-state index contributed by atoms with van der Waals surface area (Å²) >= 11 is 0. The number of nitrogens with one attached hydrogen (secondary N) is 1. The molecule has 0 aromatic heterocycles. The molecule has 7 nitrogen and oxygen atoms in total. The molecule has 2 aromatic rings. The van der Waals surface area contributed by atoms with Crippen molar-refractivity contribution in [1.82, 2.24) is 9.80 Å². The van der Waals surface area contributed by atoms with E-state index in [1.807, 2.05) is 30.3 Å². The van der Waals surface area contributed by atoms with E-state index in [0.29, 0.717) is 30.6 Å². The molecular formula is C29H36N4O3. The molecule has 2 aromatic carbocycles. The summed E-state index contributed by atoms with van der Waals surface area (Å²) in [6.07, 6.45) is 3.32. The molecule has 0 unspecified atom stereocenters. The predicted octanol–water partition coefficient (Wildman–Crippen LogP) is 3.55. The molecule has 2 saturated heterocycles. The molecule has 0 radical (unpaired) electrons. The van der Waals surface area contributed by atoms with Gasteiger partial charge in [-0.05, 0) is 62.4 Å². The molecule has 5 rings (SSSR count). The molecule has 0 aliphatic carbocycles. The van der Waals surface area contributed by atoms with Gasteiger partial charge >= 0.3 is 0 Å². The highest BCUT2D eigenvalue weighted by Gasteiger charge is 2.52. The highest BCUT2D eigenvalue weighted by atomic mass is 16.2.